The second-order valence-electron chi connectivity index (χ2n) is 7.59. The van der Waals surface area contributed by atoms with Gasteiger partial charge >= 0.3 is 0 Å². The van der Waals surface area contributed by atoms with Crippen LogP contribution >= 0.6 is 11.8 Å². The van der Waals surface area contributed by atoms with Crippen LogP contribution < -0.4 is 4.74 Å². The molecular weight excluding hydrogens is 396 g/mol. The van der Waals surface area contributed by atoms with Crippen LogP contribution in [0.15, 0.2) is 29.4 Å². The summed E-state index contributed by atoms with van der Waals surface area (Å²) in [5.74, 6) is 1.14. The van der Waals surface area contributed by atoms with Gasteiger partial charge in [0.1, 0.15) is 5.75 Å². The summed E-state index contributed by atoms with van der Waals surface area (Å²) in [7, 11) is 0. The standard InChI is InChI=1S/C23H32N4O2S/c1-5-29-20-8-6-19(7-9-20)16-26-12-14-27(15-13-26)22(28)11-10-21-17(2)24-23(30-4)25-18(21)3/h6-9H,5,10-16H2,1-4H3. The number of carbonyl (C=O) groups excluding carboxylic acids is 1. The highest BCUT2D eigenvalue weighted by molar-refractivity contribution is 7.98. The Hall–Kier alpha value is -2.12. The van der Waals surface area contributed by atoms with Crippen LogP contribution in [0.5, 0.6) is 5.75 Å². The van der Waals surface area contributed by atoms with E-state index < -0.39 is 0 Å². The molecule has 0 aliphatic carbocycles. The lowest BCUT2D eigenvalue weighted by Crippen LogP contribution is -2.48. The molecule has 0 saturated carbocycles. The fourth-order valence-electron chi connectivity index (χ4n) is 3.82. The van der Waals surface area contributed by atoms with Crippen LogP contribution in [-0.2, 0) is 17.8 Å². The fourth-order valence-corrected chi connectivity index (χ4v) is 4.28. The van der Waals surface area contributed by atoms with Crippen molar-refractivity contribution in [2.75, 3.05) is 39.0 Å². The molecule has 7 heteroatoms. The third-order valence-electron chi connectivity index (χ3n) is 5.54. The third-order valence-corrected chi connectivity index (χ3v) is 6.08. The number of piperazine rings is 1. The summed E-state index contributed by atoms with van der Waals surface area (Å²) in [6, 6.07) is 8.30. The Morgan fingerprint density at radius 3 is 2.27 bits per heavy atom. The van der Waals surface area contributed by atoms with Gasteiger partial charge in [-0.15, -0.1) is 0 Å². The predicted molar refractivity (Wildman–Crippen MR) is 121 cm³/mol. The van der Waals surface area contributed by atoms with Crippen molar-refractivity contribution < 1.29 is 9.53 Å². The Morgan fingerprint density at radius 1 is 1.07 bits per heavy atom. The van der Waals surface area contributed by atoms with Crippen LogP contribution in [0.4, 0.5) is 0 Å². The van der Waals surface area contributed by atoms with E-state index in [1.165, 1.54) is 5.56 Å². The van der Waals surface area contributed by atoms with Crippen LogP contribution in [0.3, 0.4) is 0 Å². The second kappa shape index (κ2) is 10.8. The van der Waals surface area contributed by atoms with Gasteiger partial charge in [-0.25, -0.2) is 9.97 Å². The molecular formula is C23H32N4O2S. The maximum atomic E-state index is 12.7. The van der Waals surface area contributed by atoms with E-state index in [0.29, 0.717) is 19.4 Å². The minimum absolute atomic E-state index is 0.225. The van der Waals surface area contributed by atoms with Crippen molar-refractivity contribution in [3.8, 4) is 5.75 Å². The van der Waals surface area contributed by atoms with E-state index in [1.807, 2.05) is 44.1 Å². The molecule has 1 aromatic heterocycles. The minimum Gasteiger partial charge on any atom is -0.494 e. The first kappa shape index (κ1) is 22.6. The summed E-state index contributed by atoms with van der Waals surface area (Å²) in [6.45, 7) is 11.0. The van der Waals surface area contributed by atoms with E-state index >= 15 is 0 Å². The molecule has 1 amide bonds. The van der Waals surface area contributed by atoms with Crippen molar-refractivity contribution in [3.63, 3.8) is 0 Å². The molecule has 3 rings (SSSR count). The van der Waals surface area contributed by atoms with Crippen LogP contribution in [0.1, 0.15) is 35.9 Å². The van der Waals surface area contributed by atoms with E-state index in [1.54, 1.807) is 11.8 Å². The van der Waals surface area contributed by atoms with Crippen LogP contribution in [0.25, 0.3) is 0 Å². The van der Waals surface area contributed by atoms with Gasteiger partial charge in [0, 0.05) is 50.5 Å². The summed E-state index contributed by atoms with van der Waals surface area (Å²) in [6.07, 6.45) is 3.20. The monoisotopic (exact) mass is 428 g/mol. The number of aromatic nitrogens is 2. The lowest BCUT2D eigenvalue weighted by atomic mass is 10.1. The van der Waals surface area contributed by atoms with Crippen molar-refractivity contribution >= 4 is 17.7 Å². The molecule has 1 aromatic carbocycles. The highest BCUT2D eigenvalue weighted by Crippen LogP contribution is 2.18. The smallest absolute Gasteiger partial charge is 0.222 e. The molecule has 0 spiro atoms. The van der Waals surface area contributed by atoms with Gasteiger partial charge in [0.2, 0.25) is 5.91 Å². The molecule has 162 valence electrons. The summed E-state index contributed by atoms with van der Waals surface area (Å²) in [4.78, 5) is 26.2. The number of benzene rings is 1. The van der Waals surface area contributed by atoms with Crippen LogP contribution in [0.2, 0.25) is 0 Å². The third kappa shape index (κ3) is 5.95. The quantitative estimate of drug-likeness (QED) is 0.474. The second-order valence-corrected chi connectivity index (χ2v) is 8.37. The van der Waals surface area contributed by atoms with Crippen molar-refractivity contribution in [2.24, 2.45) is 0 Å². The zero-order chi connectivity index (χ0) is 21.5. The normalized spacial score (nSPS) is 14.7. The molecule has 1 aliphatic rings. The van der Waals surface area contributed by atoms with Crippen molar-refractivity contribution in [1.29, 1.82) is 0 Å². The van der Waals surface area contributed by atoms with E-state index in [-0.39, 0.29) is 5.91 Å². The highest BCUT2D eigenvalue weighted by Gasteiger charge is 2.21. The van der Waals surface area contributed by atoms with Crippen LogP contribution in [-0.4, -0.2) is 64.7 Å². The zero-order valence-corrected chi connectivity index (χ0v) is 19.3. The Labute approximate surface area is 184 Å². The molecule has 2 aromatic rings. The van der Waals surface area contributed by atoms with Gasteiger partial charge in [-0.2, -0.15) is 0 Å². The molecule has 30 heavy (non-hydrogen) atoms. The SMILES string of the molecule is CCOc1ccc(CN2CCN(C(=O)CCc3c(C)nc(SC)nc3C)CC2)cc1. The van der Waals surface area contributed by atoms with Crippen molar-refractivity contribution in [3.05, 3.63) is 46.8 Å². The van der Waals surface area contributed by atoms with Crippen molar-refractivity contribution in [1.82, 2.24) is 19.8 Å². The summed E-state index contributed by atoms with van der Waals surface area (Å²) < 4.78 is 5.51. The Morgan fingerprint density at radius 2 is 1.70 bits per heavy atom. The van der Waals surface area contributed by atoms with Gasteiger partial charge in [0.15, 0.2) is 5.16 Å². The molecule has 1 saturated heterocycles. The minimum atomic E-state index is 0.225. The number of nitrogens with zero attached hydrogens (tertiary/aromatic N) is 4. The lowest BCUT2D eigenvalue weighted by molar-refractivity contribution is -0.133. The van der Waals surface area contributed by atoms with E-state index in [4.69, 9.17) is 4.74 Å². The number of carbonyl (C=O) groups is 1. The number of hydrogen-bond donors (Lipinski definition) is 0. The van der Waals surface area contributed by atoms with E-state index in [2.05, 4.69) is 27.0 Å². The average molecular weight is 429 g/mol. The average Bonchev–Trinajstić information content (AvgIpc) is 2.75. The number of ether oxygens (including phenoxy) is 1. The summed E-state index contributed by atoms with van der Waals surface area (Å²) >= 11 is 1.55. The van der Waals surface area contributed by atoms with Gasteiger partial charge in [0.05, 0.1) is 6.61 Å². The maximum absolute atomic E-state index is 12.7. The molecule has 1 aliphatic heterocycles. The number of thioether (sulfide) groups is 1. The Kier molecular flexibility index (Phi) is 8.10. The largest absolute Gasteiger partial charge is 0.494 e. The van der Waals surface area contributed by atoms with Crippen molar-refractivity contribution in [2.45, 2.75) is 45.3 Å². The highest BCUT2D eigenvalue weighted by atomic mass is 32.2. The molecule has 2 heterocycles. The molecule has 0 N–H and O–H groups in total. The molecule has 0 radical (unpaired) electrons. The summed E-state index contributed by atoms with van der Waals surface area (Å²) in [5, 5.41) is 0.795. The van der Waals surface area contributed by atoms with Gasteiger partial charge < -0.3 is 9.64 Å². The Bertz CT molecular complexity index is 826. The number of amides is 1. The maximum Gasteiger partial charge on any atom is 0.222 e. The fraction of sp³-hybridized carbons (Fsp3) is 0.522. The predicted octanol–water partition coefficient (Wildman–Crippen LogP) is 3.49. The topological polar surface area (TPSA) is 58.6 Å². The zero-order valence-electron chi connectivity index (χ0n) is 18.5. The lowest BCUT2D eigenvalue weighted by Gasteiger charge is -2.35. The first-order valence-corrected chi connectivity index (χ1v) is 11.8. The van der Waals surface area contributed by atoms with Crippen LogP contribution in [0, 0.1) is 13.8 Å². The van der Waals surface area contributed by atoms with Gasteiger partial charge in [-0.3, -0.25) is 9.69 Å². The van der Waals surface area contributed by atoms with Gasteiger partial charge in [-0.05, 0) is 56.7 Å². The molecule has 0 bridgehead atoms. The molecule has 1 fully saturated rings. The molecule has 0 unspecified atom stereocenters. The first-order valence-electron chi connectivity index (χ1n) is 10.6. The first-order chi connectivity index (χ1) is 14.5. The van der Waals surface area contributed by atoms with E-state index in [9.17, 15) is 4.79 Å². The summed E-state index contributed by atoms with van der Waals surface area (Å²) in [5.41, 5.74) is 4.35. The number of rotatable bonds is 8. The van der Waals surface area contributed by atoms with E-state index in [0.717, 1.165) is 60.6 Å². The molecule has 6 nitrogen and oxygen atoms in total. The molecule has 0 atom stereocenters. The van der Waals surface area contributed by atoms with Gasteiger partial charge in [-0.1, -0.05) is 23.9 Å². The van der Waals surface area contributed by atoms with Gasteiger partial charge in [0.25, 0.3) is 0 Å². The number of aryl methyl sites for hydroxylation is 2. The number of hydrogen-bond acceptors (Lipinski definition) is 6. The Balaban J connectivity index is 1.46.